The number of rotatable bonds is 3. The molecule has 0 N–H and O–H groups in total. The molecule has 1 fully saturated rings. The monoisotopic (exact) mass is 307 g/mol. The van der Waals surface area contributed by atoms with Crippen LogP contribution >= 0.6 is 0 Å². The molecule has 1 amide bonds. The molecule has 7 heteroatoms. The zero-order valence-electron chi connectivity index (χ0n) is 12.8. The second-order valence-corrected chi connectivity index (χ2v) is 5.63. The molecular weight excluding hydrogens is 286 g/mol. The molecule has 0 bridgehead atoms. The van der Waals surface area contributed by atoms with Crippen molar-refractivity contribution >= 4 is 11.9 Å². The molecular formula is C15H21N3O4. The predicted molar refractivity (Wildman–Crippen MR) is 77.6 cm³/mol. The Morgan fingerprint density at radius 1 is 1.41 bits per heavy atom. The maximum Gasteiger partial charge on any atom is 0.310 e. The molecule has 3 rings (SSSR count). The van der Waals surface area contributed by atoms with Crippen molar-refractivity contribution in [1.82, 2.24) is 14.7 Å². The van der Waals surface area contributed by atoms with Gasteiger partial charge >= 0.3 is 5.97 Å². The van der Waals surface area contributed by atoms with Crippen molar-refractivity contribution in [2.75, 3.05) is 26.3 Å². The van der Waals surface area contributed by atoms with E-state index in [1.807, 2.05) is 0 Å². The number of likely N-dealkylation sites (tertiary alicyclic amines) is 1. The normalized spacial score (nSPS) is 21.0. The lowest BCUT2D eigenvalue weighted by atomic mass is 9.97. The predicted octanol–water partition coefficient (Wildman–Crippen LogP) is 1.08. The van der Waals surface area contributed by atoms with Gasteiger partial charge in [0.05, 0.1) is 25.3 Å². The van der Waals surface area contributed by atoms with E-state index in [2.05, 4.69) is 5.10 Å². The third-order valence-corrected chi connectivity index (χ3v) is 4.10. The van der Waals surface area contributed by atoms with E-state index in [1.54, 1.807) is 22.7 Å². The Bertz CT molecular complexity index is 569. The van der Waals surface area contributed by atoms with Gasteiger partial charge in [-0.2, -0.15) is 5.10 Å². The first kappa shape index (κ1) is 14.9. The summed E-state index contributed by atoms with van der Waals surface area (Å²) in [6, 6.07) is 0. The Morgan fingerprint density at radius 2 is 2.27 bits per heavy atom. The van der Waals surface area contributed by atoms with Crippen molar-refractivity contribution in [3.8, 4) is 5.88 Å². The number of aromatic nitrogens is 2. The quantitative estimate of drug-likeness (QED) is 0.781. The lowest BCUT2D eigenvalue weighted by Crippen LogP contribution is -2.43. The van der Waals surface area contributed by atoms with Crippen LogP contribution in [-0.2, 0) is 16.1 Å². The Kier molecular flexibility index (Phi) is 4.31. The van der Waals surface area contributed by atoms with Crippen molar-refractivity contribution in [3.05, 3.63) is 11.8 Å². The maximum atomic E-state index is 12.7. The number of aryl methyl sites for hydroxylation is 1. The molecule has 1 aromatic heterocycles. The van der Waals surface area contributed by atoms with E-state index in [0.717, 1.165) is 25.8 Å². The molecule has 0 aromatic carbocycles. The topological polar surface area (TPSA) is 73.7 Å². The second kappa shape index (κ2) is 6.37. The molecule has 0 saturated carbocycles. The second-order valence-electron chi connectivity index (χ2n) is 5.63. The average molecular weight is 307 g/mol. The molecule has 2 aliphatic heterocycles. The minimum absolute atomic E-state index is 0.114. The highest BCUT2D eigenvalue weighted by Crippen LogP contribution is 2.26. The van der Waals surface area contributed by atoms with Crippen LogP contribution in [0.1, 0.15) is 36.5 Å². The summed E-state index contributed by atoms with van der Waals surface area (Å²) in [6.45, 7) is 4.60. The first-order valence-corrected chi connectivity index (χ1v) is 7.85. The molecule has 22 heavy (non-hydrogen) atoms. The Balaban J connectivity index is 1.72. The molecule has 7 nitrogen and oxygen atoms in total. The van der Waals surface area contributed by atoms with Crippen LogP contribution in [0.4, 0.5) is 0 Å². The molecule has 0 spiro atoms. The van der Waals surface area contributed by atoms with Gasteiger partial charge in [-0.25, -0.2) is 4.68 Å². The summed E-state index contributed by atoms with van der Waals surface area (Å²) in [6.07, 6.45) is 4.04. The fourth-order valence-electron chi connectivity index (χ4n) is 3.00. The number of fused-ring (bicyclic) bond motifs is 1. The number of ether oxygens (including phenoxy) is 2. The fourth-order valence-corrected chi connectivity index (χ4v) is 3.00. The number of piperidine rings is 1. The third-order valence-electron chi connectivity index (χ3n) is 4.10. The van der Waals surface area contributed by atoms with E-state index >= 15 is 0 Å². The summed E-state index contributed by atoms with van der Waals surface area (Å²) < 4.78 is 12.4. The van der Waals surface area contributed by atoms with E-state index in [0.29, 0.717) is 37.7 Å². The van der Waals surface area contributed by atoms with Gasteiger partial charge in [0, 0.05) is 26.1 Å². The zero-order valence-corrected chi connectivity index (χ0v) is 12.8. The van der Waals surface area contributed by atoms with Crippen molar-refractivity contribution in [1.29, 1.82) is 0 Å². The van der Waals surface area contributed by atoms with Crippen LogP contribution in [-0.4, -0.2) is 52.9 Å². The van der Waals surface area contributed by atoms with E-state index in [9.17, 15) is 9.59 Å². The van der Waals surface area contributed by atoms with Gasteiger partial charge in [-0.1, -0.05) is 0 Å². The zero-order chi connectivity index (χ0) is 15.5. The molecule has 0 aliphatic carbocycles. The smallest absolute Gasteiger partial charge is 0.310 e. The maximum absolute atomic E-state index is 12.7. The number of hydrogen-bond donors (Lipinski definition) is 0. The van der Waals surface area contributed by atoms with Crippen LogP contribution in [0.3, 0.4) is 0 Å². The number of carbonyl (C=O) groups is 2. The lowest BCUT2D eigenvalue weighted by molar-refractivity contribution is -0.149. The minimum atomic E-state index is -0.232. The highest BCUT2D eigenvalue weighted by atomic mass is 16.5. The van der Waals surface area contributed by atoms with Gasteiger partial charge < -0.3 is 14.4 Å². The molecule has 1 saturated heterocycles. The van der Waals surface area contributed by atoms with Gasteiger partial charge in [-0.3, -0.25) is 9.59 Å². The van der Waals surface area contributed by atoms with Gasteiger partial charge in [0.15, 0.2) is 0 Å². The van der Waals surface area contributed by atoms with Gasteiger partial charge in [-0.15, -0.1) is 0 Å². The van der Waals surface area contributed by atoms with Crippen LogP contribution in [0.15, 0.2) is 6.20 Å². The SMILES string of the molecule is CCOC(=O)C1CCCN(C(=O)c2cnn3c2OCCC3)C1. The Morgan fingerprint density at radius 3 is 3.09 bits per heavy atom. The Hall–Kier alpha value is -2.05. The summed E-state index contributed by atoms with van der Waals surface area (Å²) >= 11 is 0. The van der Waals surface area contributed by atoms with Crippen molar-refractivity contribution in [3.63, 3.8) is 0 Å². The van der Waals surface area contributed by atoms with E-state index in [1.165, 1.54) is 0 Å². The van der Waals surface area contributed by atoms with E-state index in [4.69, 9.17) is 9.47 Å². The largest absolute Gasteiger partial charge is 0.477 e. The van der Waals surface area contributed by atoms with Crippen LogP contribution in [0.5, 0.6) is 5.88 Å². The first-order chi connectivity index (χ1) is 10.7. The summed E-state index contributed by atoms with van der Waals surface area (Å²) in [7, 11) is 0. The van der Waals surface area contributed by atoms with Crippen molar-refractivity contribution in [2.24, 2.45) is 5.92 Å². The summed E-state index contributed by atoms with van der Waals surface area (Å²) in [5, 5.41) is 4.21. The van der Waals surface area contributed by atoms with Crippen LogP contribution in [0, 0.1) is 5.92 Å². The summed E-state index contributed by atoms with van der Waals surface area (Å²) in [5.41, 5.74) is 0.490. The molecule has 1 aromatic rings. The van der Waals surface area contributed by atoms with Crippen LogP contribution < -0.4 is 4.74 Å². The molecule has 120 valence electrons. The fraction of sp³-hybridized carbons (Fsp3) is 0.667. The van der Waals surface area contributed by atoms with Crippen molar-refractivity contribution in [2.45, 2.75) is 32.7 Å². The highest BCUT2D eigenvalue weighted by molar-refractivity contribution is 5.96. The molecule has 0 radical (unpaired) electrons. The number of amides is 1. The minimum Gasteiger partial charge on any atom is -0.477 e. The molecule has 3 heterocycles. The number of hydrogen-bond acceptors (Lipinski definition) is 5. The third kappa shape index (κ3) is 2.80. The van der Waals surface area contributed by atoms with Gasteiger partial charge in [0.2, 0.25) is 5.88 Å². The van der Waals surface area contributed by atoms with Gasteiger partial charge in [0.1, 0.15) is 5.56 Å². The van der Waals surface area contributed by atoms with Crippen LogP contribution in [0.2, 0.25) is 0 Å². The Labute approximate surface area is 129 Å². The number of carbonyl (C=O) groups excluding carboxylic acids is 2. The standard InChI is InChI=1S/C15H21N3O4/c1-2-21-15(20)11-5-3-6-17(10-11)13(19)12-9-16-18-7-4-8-22-14(12)18/h9,11H,2-8,10H2,1H3. The molecule has 2 aliphatic rings. The summed E-state index contributed by atoms with van der Waals surface area (Å²) in [4.78, 5) is 26.3. The van der Waals surface area contributed by atoms with Gasteiger partial charge in [-0.05, 0) is 19.8 Å². The molecule has 1 atom stereocenters. The average Bonchev–Trinajstić information content (AvgIpc) is 2.98. The van der Waals surface area contributed by atoms with E-state index < -0.39 is 0 Å². The van der Waals surface area contributed by atoms with Crippen LogP contribution in [0.25, 0.3) is 0 Å². The molecule has 1 unspecified atom stereocenters. The van der Waals surface area contributed by atoms with E-state index in [-0.39, 0.29) is 17.8 Å². The first-order valence-electron chi connectivity index (χ1n) is 7.85. The summed E-state index contributed by atoms with van der Waals surface area (Å²) in [5.74, 6) is -0.00934. The van der Waals surface area contributed by atoms with Crippen molar-refractivity contribution < 1.29 is 19.1 Å². The van der Waals surface area contributed by atoms with Gasteiger partial charge in [0.25, 0.3) is 5.91 Å². The highest BCUT2D eigenvalue weighted by Gasteiger charge is 2.32. The lowest BCUT2D eigenvalue weighted by Gasteiger charge is -2.31. The number of nitrogens with zero attached hydrogens (tertiary/aromatic N) is 3. The number of esters is 1.